The van der Waals surface area contributed by atoms with Gasteiger partial charge in [0.2, 0.25) is 11.7 Å². The molecule has 6 heteroatoms. The topological polar surface area (TPSA) is 69.4 Å². The molecule has 1 saturated heterocycles. The molecule has 1 unspecified atom stereocenters. The highest BCUT2D eigenvalue weighted by atomic mass is 16.5. The van der Waals surface area contributed by atoms with E-state index in [-0.39, 0.29) is 6.04 Å². The van der Waals surface area contributed by atoms with Gasteiger partial charge in [-0.15, -0.1) is 0 Å². The first-order valence-electron chi connectivity index (χ1n) is 6.57. The van der Waals surface area contributed by atoms with Crippen molar-refractivity contribution in [2.45, 2.75) is 13.0 Å². The third-order valence-electron chi connectivity index (χ3n) is 3.26. The number of aromatic nitrogens is 2. The molecular formula is C14H17N3O3. The Balaban J connectivity index is 1.89. The van der Waals surface area contributed by atoms with Crippen LogP contribution in [0.25, 0.3) is 11.4 Å². The van der Waals surface area contributed by atoms with Gasteiger partial charge in [0, 0.05) is 6.54 Å². The van der Waals surface area contributed by atoms with Crippen molar-refractivity contribution in [3.05, 3.63) is 29.7 Å². The van der Waals surface area contributed by atoms with Crippen LogP contribution in [0.5, 0.6) is 5.75 Å². The number of nitrogens with one attached hydrogen (secondary N) is 1. The summed E-state index contributed by atoms with van der Waals surface area (Å²) in [5, 5.41) is 7.32. The van der Waals surface area contributed by atoms with E-state index < -0.39 is 0 Å². The number of benzene rings is 1. The molecule has 20 heavy (non-hydrogen) atoms. The van der Waals surface area contributed by atoms with Crippen LogP contribution < -0.4 is 10.1 Å². The van der Waals surface area contributed by atoms with Gasteiger partial charge in [-0.3, -0.25) is 0 Å². The van der Waals surface area contributed by atoms with Gasteiger partial charge in [-0.05, 0) is 24.6 Å². The fourth-order valence-electron chi connectivity index (χ4n) is 2.19. The highest BCUT2D eigenvalue weighted by molar-refractivity contribution is 5.64. The van der Waals surface area contributed by atoms with Gasteiger partial charge >= 0.3 is 0 Å². The second-order valence-electron chi connectivity index (χ2n) is 4.74. The van der Waals surface area contributed by atoms with Crippen molar-refractivity contribution >= 4 is 0 Å². The lowest BCUT2D eigenvalue weighted by Crippen LogP contribution is -2.34. The van der Waals surface area contributed by atoms with Crippen LogP contribution in [-0.2, 0) is 4.74 Å². The van der Waals surface area contributed by atoms with Crippen LogP contribution in [0.2, 0.25) is 0 Å². The monoisotopic (exact) mass is 275 g/mol. The molecule has 1 fully saturated rings. The summed E-state index contributed by atoms with van der Waals surface area (Å²) in [5.41, 5.74) is 1.95. The lowest BCUT2D eigenvalue weighted by Gasteiger charge is -2.20. The summed E-state index contributed by atoms with van der Waals surface area (Å²) in [6, 6.07) is 5.85. The third kappa shape index (κ3) is 2.52. The van der Waals surface area contributed by atoms with Crippen LogP contribution in [0.3, 0.4) is 0 Å². The summed E-state index contributed by atoms with van der Waals surface area (Å²) in [6.45, 7) is 4.06. The zero-order valence-electron chi connectivity index (χ0n) is 11.5. The van der Waals surface area contributed by atoms with Crippen molar-refractivity contribution in [1.29, 1.82) is 0 Å². The molecule has 0 bridgehead atoms. The van der Waals surface area contributed by atoms with Gasteiger partial charge in [-0.1, -0.05) is 11.2 Å². The molecule has 1 aromatic carbocycles. The van der Waals surface area contributed by atoms with Crippen molar-refractivity contribution < 1.29 is 14.0 Å². The van der Waals surface area contributed by atoms with Gasteiger partial charge in [0.25, 0.3) is 0 Å². The Morgan fingerprint density at radius 3 is 3.05 bits per heavy atom. The molecular weight excluding hydrogens is 258 g/mol. The summed E-state index contributed by atoms with van der Waals surface area (Å²) in [4.78, 5) is 4.44. The van der Waals surface area contributed by atoms with Gasteiger partial charge in [0.05, 0.1) is 25.9 Å². The third-order valence-corrected chi connectivity index (χ3v) is 3.26. The van der Waals surface area contributed by atoms with Crippen molar-refractivity contribution in [3.8, 4) is 17.1 Å². The van der Waals surface area contributed by atoms with Crippen molar-refractivity contribution in [2.24, 2.45) is 0 Å². The van der Waals surface area contributed by atoms with Crippen LogP contribution in [0.4, 0.5) is 0 Å². The van der Waals surface area contributed by atoms with Crippen LogP contribution in [-0.4, -0.2) is 37.0 Å². The highest BCUT2D eigenvalue weighted by Gasteiger charge is 2.22. The molecule has 2 aromatic rings. The zero-order valence-corrected chi connectivity index (χ0v) is 11.5. The fraction of sp³-hybridized carbons (Fsp3) is 0.429. The van der Waals surface area contributed by atoms with E-state index in [0.717, 1.165) is 23.4 Å². The van der Waals surface area contributed by atoms with Crippen molar-refractivity contribution in [1.82, 2.24) is 15.5 Å². The average Bonchev–Trinajstić information content (AvgIpc) is 2.97. The number of hydrogen-bond acceptors (Lipinski definition) is 6. The van der Waals surface area contributed by atoms with E-state index >= 15 is 0 Å². The fourth-order valence-corrected chi connectivity index (χ4v) is 2.19. The predicted octanol–water partition coefficient (Wildman–Crippen LogP) is 1.71. The van der Waals surface area contributed by atoms with E-state index in [2.05, 4.69) is 15.5 Å². The minimum Gasteiger partial charge on any atom is -0.496 e. The van der Waals surface area contributed by atoms with Gasteiger partial charge in [0.1, 0.15) is 11.8 Å². The number of rotatable bonds is 3. The molecule has 2 heterocycles. The molecule has 0 spiro atoms. The molecule has 0 amide bonds. The number of nitrogens with zero attached hydrogens (tertiary/aromatic N) is 2. The number of morpholine rings is 1. The number of aryl methyl sites for hydroxylation is 1. The minimum atomic E-state index is -0.0403. The van der Waals surface area contributed by atoms with E-state index in [4.69, 9.17) is 14.0 Å². The first-order valence-corrected chi connectivity index (χ1v) is 6.57. The molecule has 3 rings (SSSR count). The Morgan fingerprint density at radius 1 is 1.40 bits per heavy atom. The molecule has 1 aromatic heterocycles. The average molecular weight is 275 g/mol. The minimum absolute atomic E-state index is 0.0403. The van der Waals surface area contributed by atoms with Crippen molar-refractivity contribution in [2.75, 3.05) is 26.9 Å². The van der Waals surface area contributed by atoms with E-state index in [9.17, 15) is 0 Å². The van der Waals surface area contributed by atoms with Gasteiger partial charge in [0.15, 0.2) is 0 Å². The normalized spacial score (nSPS) is 19.0. The number of hydrogen-bond donors (Lipinski definition) is 1. The lowest BCUT2D eigenvalue weighted by atomic mass is 10.1. The first-order chi connectivity index (χ1) is 9.78. The molecule has 1 aliphatic rings. The summed E-state index contributed by atoms with van der Waals surface area (Å²) < 4.78 is 16.1. The Labute approximate surface area is 117 Å². The Morgan fingerprint density at radius 2 is 2.30 bits per heavy atom. The predicted molar refractivity (Wildman–Crippen MR) is 72.6 cm³/mol. The second-order valence-corrected chi connectivity index (χ2v) is 4.74. The number of methoxy groups -OCH3 is 1. The number of ether oxygens (including phenoxy) is 2. The van der Waals surface area contributed by atoms with E-state index in [1.54, 1.807) is 7.11 Å². The Bertz CT molecular complexity index is 591. The molecule has 106 valence electrons. The van der Waals surface area contributed by atoms with Crippen molar-refractivity contribution in [3.63, 3.8) is 0 Å². The first kappa shape index (κ1) is 13.1. The maximum atomic E-state index is 5.40. The molecule has 1 atom stereocenters. The smallest absolute Gasteiger partial charge is 0.246 e. The summed E-state index contributed by atoms with van der Waals surface area (Å²) in [5.74, 6) is 1.82. The maximum absolute atomic E-state index is 5.40. The lowest BCUT2D eigenvalue weighted by molar-refractivity contribution is 0.0659. The largest absolute Gasteiger partial charge is 0.496 e. The van der Waals surface area contributed by atoms with Crippen LogP contribution in [0.15, 0.2) is 22.7 Å². The van der Waals surface area contributed by atoms with Gasteiger partial charge in [-0.2, -0.15) is 4.98 Å². The molecule has 6 nitrogen and oxygen atoms in total. The molecule has 0 radical (unpaired) electrons. The molecule has 0 aliphatic carbocycles. The van der Waals surface area contributed by atoms with E-state index in [0.29, 0.717) is 24.9 Å². The summed E-state index contributed by atoms with van der Waals surface area (Å²) in [7, 11) is 1.63. The molecule has 0 saturated carbocycles. The zero-order chi connectivity index (χ0) is 13.9. The summed E-state index contributed by atoms with van der Waals surface area (Å²) >= 11 is 0. The van der Waals surface area contributed by atoms with Crippen LogP contribution in [0, 0.1) is 6.92 Å². The second kappa shape index (κ2) is 5.60. The summed E-state index contributed by atoms with van der Waals surface area (Å²) in [6.07, 6.45) is 0. The highest BCUT2D eigenvalue weighted by Crippen LogP contribution is 2.29. The van der Waals surface area contributed by atoms with Crippen LogP contribution >= 0.6 is 0 Å². The van der Waals surface area contributed by atoms with Crippen LogP contribution in [0.1, 0.15) is 17.5 Å². The van der Waals surface area contributed by atoms with Gasteiger partial charge < -0.3 is 19.3 Å². The SMILES string of the molecule is COc1cc(C)ccc1-c1noc(C2COCCN2)n1. The Hall–Kier alpha value is -1.92. The standard InChI is InChI=1S/C14H17N3O3/c1-9-3-4-10(12(7-9)18-2)13-16-14(20-17-13)11-8-19-6-5-15-11/h3-4,7,11,15H,5-6,8H2,1-2H3. The van der Waals surface area contributed by atoms with E-state index in [1.165, 1.54) is 0 Å². The maximum Gasteiger partial charge on any atom is 0.246 e. The van der Waals surface area contributed by atoms with E-state index in [1.807, 2.05) is 25.1 Å². The molecule has 1 aliphatic heterocycles. The quantitative estimate of drug-likeness (QED) is 0.919. The van der Waals surface area contributed by atoms with Gasteiger partial charge in [-0.25, -0.2) is 0 Å². The molecule has 1 N–H and O–H groups in total. The Kier molecular flexibility index (Phi) is 3.66.